The molecule has 16 rings (SSSR count). The van der Waals surface area contributed by atoms with Crippen LogP contribution in [0.15, 0.2) is 194 Å². The molecule has 30 heteroatoms. The SMILES string of the molecule is COc1c(C(=O)NC2CC2)ccc2n[nH]c(/C=C/c3ccc(F)cc3F)c12.COc1c(C(=O)NCc2ccccc2)ccc2n[nH]c(/C=C/c3ccc(F)cc3F)c12.COc1c(C(=O)NCc2cccnc2)ccc2n[nH]c(/C=C/c3ccc(F)cc3F)c12.COc1c(C(=O)NCc2cccs2)ccc2n[nH]c(/C=C/c3ccc(F)cc3F)c12. The fraction of sp³-hybridized carbons (Fsp3) is 0.112. The summed E-state index contributed by atoms with van der Waals surface area (Å²) in [6, 6.07) is 44.2. The maximum absolute atomic E-state index is 13.9. The predicted molar refractivity (Wildman–Crippen MR) is 441 cm³/mol. The summed E-state index contributed by atoms with van der Waals surface area (Å²) < 4.78 is 130. The van der Waals surface area contributed by atoms with Crippen molar-refractivity contribution in [3.05, 3.63) is 324 Å². The summed E-state index contributed by atoms with van der Waals surface area (Å²) in [5, 5.41) is 44.2. The maximum Gasteiger partial charge on any atom is 0.255 e. The van der Waals surface area contributed by atoms with E-state index in [-0.39, 0.29) is 51.9 Å². The van der Waals surface area contributed by atoms with Crippen LogP contribution in [0.5, 0.6) is 23.0 Å². The lowest BCUT2D eigenvalue weighted by Gasteiger charge is -2.11. The zero-order valence-electron chi connectivity index (χ0n) is 63.6. The Morgan fingerprint density at radius 3 is 1.03 bits per heavy atom. The number of rotatable bonds is 23. The largest absolute Gasteiger partial charge is 0.495 e. The van der Waals surface area contributed by atoms with Crippen LogP contribution < -0.4 is 40.2 Å². The van der Waals surface area contributed by atoms with Crippen molar-refractivity contribution in [1.29, 1.82) is 0 Å². The van der Waals surface area contributed by atoms with Crippen LogP contribution in [-0.2, 0) is 19.6 Å². The number of nitrogens with zero attached hydrogens (tertiary/aromatic N) is 5. The maximum atomic E-state index is 13.9. The number of amides is 4. The van der Waals surface area contributed by atoms with Gasteiger partial charge in [0.15, 0.2) is 0 Å². The third kappa shape index (κ3) is 19.9. The van der Waals surface area contributed by atoms with Crippen LogP contribution in [0.25, 0.3) is 92.2 Å². The predicted octanol–water partition coefficient (Wildman–Crippen LogP) is 18.2. The summed E-state index contributed by atoms with van der Waals surface area (Å²) in [6.45, 7) is 1.11. The van der Waals surface area contributed by atoms with Crippen LogP contribution in [-0.4, -0.2) is 104 Å². The Balaban J connectivity index is 0.000000138. The highest BCUT2D eigenvalue weighted by Gasteiger charge is 2.28. The van der Waals surface area contributed by atoms with Gasteiger partial charge < -0.3 is 40.2 Å². The monoisotopic (exact) mass is 1630 g/mol. The third-order valence-electron chi connectivity index (χ3n) is 18.6. The number of nitrogens with one attached hydrogen (secondary N) is 8. The van der Waals surface area contributed by atoms with E-state index in [2.05, 4.69) is 67.0 Å². The zero-order chi connectivity index (χ0) is 83.6. The molecular weight excluding hydrogens is 1560 g/mol. The van der Waals surface area contributed by atoms with Gasteiger partial charge in [0.2, 0.25) is 0 Å². The number of thiophene rings is 1. The molecule has 0 bridgehead atoms. The lowest BCUT2D eigenvalue weighted by atomic mass is 10.1. The van der Waals surface area contributed by atoms with Crippen molar-refractivity contribution in [1.82, 2.24) is 67.0 Å². The van der Waals surface area contributed by atoms with Gasteiger partial charge in [0.1, 0.15) is 69.5 Å². The molecule has 0 saturated heterocycles. The number of methoxy groups -OCH3 is 4. The topological polar surface area (TPSA) is 281 Å². The summed E-state index contributed by atoms with van der Waals surface area (Å²) >= 11 is 1.56. The van der Waals surface area contributed by atoms with E-state index >= 15 is 0 Å². The number of benzene rings is 9. The van der Waals surface area contributed by atoms with Gasteiger partial charge in [0, 0.05) is 82.9 Å². The Labute approximate surface area is 677 Å². The second-order valence-electron chi connectivity index (χ2n) is 26.4. The molecule has 6 aromatic heterocycles. The van der Waals surface area contributed by atoms with Crippen LogP contribution in [0.1, 0.15) is 115 Å². The molecule has 1 fully saturated rings. The van der Waals surface area contributed by atoms with Crippen LogP contribution in [0.4, 0.5) is 35.1 Å². The highest BCUT2D eigenvalue weighted by Crippen LogP contribution is 2.38. The van der Waals surface area contributed by atoms with Crippen molar-refractivity contribution in [2.75, 3.05) is 28.4 Å². The van der Waals surface area contributed by atoms with Gasteiger partial charge in [0.25, 0.3) is 23.6 Å². The van der Waals surface area contributed by atoms with Crippen LogP contribution in [0, 0.1) is 46.5 Å². The van der Waals surface area contributed by atoms with Crippen molar-refractivity contribution in [2.45, 2.75) is 38.5 Å². The van der Waals surface area contributed by atoms with Gasteiger partial charge in [-0.05, 0) is 187 Å². The average molecular weight is 1630 g/mol. The fourth-order valence-electron chi connectivity index (χ4n) is 12.5. The lowest BCUT2D eigenvalue weighted by molar-refractivity contribution is 0.0939. The van der Waals surface area contributed by atoms with Crippen molar-refractivity contribution in [3.63, 3.8) is 0 Å². The van der Waals surface area contributed by atoms with Crippen molar-refractivity contribution in [2.24, 2.45) is 0 Å². The van der Waals surface area contributed by atoms with Crippen LogP contribution >= 0.6 is 11.3 Å². The molecule has 15 aromatic rings. The standard InChI is InChI=1S/C24H19F2N3O2.C23H18F2N4O2.C22H17F2N3O2S.C20H17F2N3O2/c1-31-23-18(24(30)27-14-15-5-3-2-4-6-15)10-12-21-22(23)20(28-29-21)11-8-16-7-9-17(25)13-19(16)26;1-31-22-17(23(30)27-13-14-3-2-10-26-12-14)7-9-20-21(22)19(28-29-20)8-5-15-4-6-16(24)11-18(15)25;1-29-21-16(22(28)25-12-15-3-2-10-30-15)7-9-19-20(21)18(26-27-19)8-5-13-4-6-14(23)11-17(13)24;1-27-19-14(20(26)23-13-5-6-13)7-9-17-18(19)16(24-25-17)8-3-11-2-4-12(21)10-15(11)22/h2-13H,14H2,1H3,(H,27,30)(H,28,29);2-12H,13H2,1H3,(H,27,30)(H,28,29);2-11H,12H2,1H3,(H,25,28)(H,26,27);2-4,7-10,13H,5-6H2,1H3,(H,23,26)(H,24,25)/b11-8+;2*8-5+;8-3+. The Morgan fingerprint density at radius 2 is 0.723 bits per heavy atom. The Kier molecular flexibility index (Phi) is 26.3. The molecule has 4 amide bonds. The van der Waals surface area contributed by atoms with Gasteiger partial charge in [-0.3, -0.25) is 44.6 Å². The quantitative estimate of drug-likeness (QED) is 0.0277. The first-order valence-electron chi connectivity index (χ1n) is 36.6. The van der Waals surface area contributed by atoms with Gasteiger partial charge >= 0.3 is 0 Å². The summed E-state index contributed by atoms with van der Waals surface area (Å²) in [4.78, 5) is 55.9. The van der Waals surface area contributed by atoms with Crippen molar-refractivity contribution >= 4 is 127 Å². The first-order chi connectivity index (χ1) is 57.8. The van der Waals surface area contributed by atoms with Crippen molar-refractivity contribution in [3.8, 4) is 23.0 Å². The van der Waals surface area contributed by atoms with E-state index in [4.69, 9.17) is 18.9 Å². The smallest absolute Gasteiger partial charge is 0.255 e. The Morgan fingerprint density at radius 1 is 0.387 bits per heavy atom. The molecule has 9 aromatic carbocycles. The number of carbonyl (C=O) groups is 4. The van der Waals surface area contributed by atoms with E-state index in [1.54, 1.807) is 103 Å². The lowest BCUT2D eigenvalue weighted by Crippen LogP contribution is -2.25. The summed E-state index contributed by atoms with van der Waals surface area (Å²) in [5.41, 5.74) is 8.77. The fourth-order valence-corrected chi connectivity index (χ4v) is 13.2. The molecule has 119 heavy (non-hydrogen) atoms. The first kappa shape index (κ1) is 82.2. The molecule has 1 saturated carbocycles. The Hall–Kier alpha value is -14.8. The van der Waals surface area contributed by atoms with Gasteiger partial charge in [-0.15, -0.1) is 11.3 Å². The van der Waals surface area contributed by atoms with Crippen LogP contribution in [0.3, 0.4) is 0 Å². The zero-order valence-corrected chi connectivity index (χ0v) is 64.5. The van der Waals surface area contributed by atoms with E-state index in [9.17, 15) is 54.3 Å². The molecule has 21 nitrogen and oxygen atoms in total. The molecule has 0 aliphatic heterocycles. The number of ether oxygens (including phenoxy) is 4. The summed E-state index contributed by atoms with van der Waals surface area (Å²) in [5.74, 6) is -4.86. The molecule has 0 radical (unpaired) electrons. The molecule has 8 N–H and O–H groups in total. The molecule has 1 aliphatic carbocycles. The van der Waals surface area contributed by atoms with E-state index in [0.29, 0.717) is 131 Å². The molecule has 602 valence electrons. The number of H-pyrrole nitrogens is 4. The van der Waals surface area contributed by atoms with E-state index in [1.807, 2.05) is 53.9 Å². The third-order valence-corrected chi connectivity index (χ3v) is 19.4. The minimum Gasteiger partial charge on any atom is -0.495 e. The van der Waals surface area contributed by atoms with Gasteiger partial charge in [0.05, 0.1) is 124 Å². The minimum absolute atomic E-state index is 0.197. The number of hydrogen-bond donors (Lipinski definition) is 8. The number of hydrogen-bond acceptors (Lipinski definition) is 14. The number of aromatic nitrogens is 9. The van der Waals surface area contributed by atoms with E-state index in [0.717, 1.165) is 53.1 Å². The number of pyridine rings is 1. The molecule has 0 unspecified atom stereocenters. The summed E-state index contributed by atoms with van der Waals surface area (Å²) in [6.07, 6.45) is 17.8. The van der Waals surface area contributed by atoms with Gasteiger partial charge in [-0.1, -0.05) is 42.5 Å². The highest BCUT2D eigenvalue weighted by atomic mass is 32.1. The number of halogens is 8. The number of carbonyl (C=O) groups excluding carboxylic acids is 4. The molecular formula is C89H71F8N13O8S. The summed E-state index contributed by atoms with van der Waals surface area (Å²) in [7, 11) is 5.91. The molecule has 1 aliphatic rings. The normalized spacial score (nSPS) is 11.9. The first-order valence-corrected chi connectivity index (χ1v) is 37.5. The van der Waals surface area contributed by atoms with E-state index < -0.39 is 46.5 Å². The molecule has 0 atom stereocenters. The Bertz CT molecular complexity index is 6150. The minimum atomic E-state index is -0.678. The molecule has 6 heterocycles. The second kappa shape index (κ2) is 38.1. The van der Waals surface area contributed by atoms with Gasteiger partial charge in [-0.2, -0.15) is 20.4 Å². The second-order valence-corrected chi connectivity index (χ2v) is 27.5. The number of aromatic amines is 4. The molecule has 0 spiro atoms. The van der Waals surface area contributed by atoms with Crippen LogP contribution in [0.2, 0.25) is 0 Å². The highest BCUT2D eigenvalue weighted by molar-refractivity contribution is 7.09. The average Bonchev–Trinajstić information content (AvgIpc) is 1.64. The van der Waals surface area contributed by atoms with E-state index in [1.165, 1.54) is 101 Å². The van der Waals surface area contributed by atoms with Crippen molar-refractivity contribution < 1.29 is 73.2 Å². The number of fused-ring (bicyclic) bond motifs is 4. The van der Waals surface area contributed by atoms with Gasteiger partial charge in [-0.25, -0.2) is 35.1 Å².